The second kappa shape index (κ2) is 5.07. The van der Waals surface area contributed by atoms with E-state index in [0.29, 0.717) is 12.2 Å². The lowest BCUT2D eigenvalue weighted by atomic mass is 10.1. The predicted octanol–water partition coefficient (Wildman–Crippen LogP) is 2.62. The van der Waals surface area contributed by atoms with Crippen LogP contribution in [0.15, 0.2) is 6.07 Å². The molecule has 16 heavy (non-hydrogen) atoms. The van der Waals surface area contributed by atoms with Gasteiger partial charge in [-0.05, 0) is 18.1 Å². The summed E-state index contributed by atoms with van der Waals surface area (Å²) < 4.78 is 10.1. The zero-order valence-electron chi connectivity index (χ0n) is 9.33. The van der Waals surface area contributed by atoms with Crippen molar-refractivity contribution >= 4 is 17.6 Å². The van der Waals surface area contributed by atoms with Gasteiger partial charge in [0.25, 0.3) is 0 Å². The molecule has 0 amide bonds. The molecule has 1 aromatic carbocycles. The second-order valence-electron chi connectivity index (χ2n) is 3.12. The van der Waals surface area contributed by atoms with Crippen LogP contribution in [0.25, 0.3) is 0 Å². The van der Waals surface area contributed by atoms with Gasteiger partial charge in [-0.3, -0.25) is 0 Å². The number of carbonyl (C=O) groups is 1. The Morgan fingerprint density at radius 3 is 2.44 bits per heavy atom. The van der Waals surface area contributed by atoms with E-state index in [-0.39, 0.29) is 16.3 Å². The Bertz CT molecular complexity index is 415. The molecule has 0 aliphatic heterocycles. The third kappa shape index (κ3) is 2.07. The Labute approximate surface area is 98.7 Å². The minimum Gasteiger partial charge on any atom is -0.493 e. The average molecular weight is 245 g/mol. The van der Waals surface area contributed by atoms with Crippen molar-refractivity contribution in [3.8, 4) is 11.5 Å². The second-order valence-corrected chi connectivity index (χ2v) is 3.50. The third-order valence-electron chi connectivity index (χ3n) is 2.28. The Balaban J connectivity index is 3.57. The van der Waals surface area contributed by atoms with Crippen molar-refractivity contribution in [1.82, 2.24) is 0 Å². The monoisotopic (exact) mass is 244 g/mol. The fourth-order valence-corrected chi connectivity index (χ4v) is 1.83. The van der Waals surface area contributed by atoms with Crippen LogP contribution in [0.3, 0.4) is 0 Å². The first-order valence-electron chi connectivity index (χ1n) is 4.73. The number of carboxylic acids is 1. The molecule has 0 bridgehead atoms. The van der Waals surface area contributed by atoms with Gasteiger partial charge in [-0.25, -0.2) is 4.79 Å². The smallest absolute Gasteiger partial charge is 0.341 e. The maximum Gasteiger partial charge on any atom is 0.341 e. The summed E-state index contributed by atoms with van der Waals surface area (Å²) >= 11 is 6.00. The first-order valence-corrected chi connectivity index (χ1v) is 5.11. The van der Waals surface area contributed by atoms with Crippen molar-refractivity contribution in [2.75, 3.05) is 14.2 Å². The van der Waals surface area contributed by atoms with Crippen molar-refractivity contribution in [1.29, 1.82) is 0 Å². The maximum atomic E-state index is 11.1. The van der Waals surface area contributed by atoms with Crippen LogP contribution in [0.2, 0.25) is 5.02 Å². The van der Waals surface area contributed by atoms with E-state index in [9.17, 15) is 4.79 Å². The van der Waals surface area contributed by atoms with Crippen LogP contribution in [0, 0.1) is 0 Å². The molecule has 0 aromatic heterocycles. The molecule has 0 saturated heterocycles. The summed E-state index contributed by atoms with van der Waals surface area (Å²) in [6.45, 7) is 1.89. The quantitative estimate of drug-likeness (QED) is 0.885. The van der Waals surface area contributed by atoms with Crippen LogP contribution >= 0.6 is 11.6 Å². The highest BCUT2D eigenvalue weighted by molar-refractivity contribution is 6.34. The third-order valence-corrected chi connectivity index (χ3v) is 2.71. The molecule has 0 aliphatic carbocycles. The average Bonchev–Trinajstić information content (AvgIpc) is 2.27. The minimum absolute atomic E-state index is 0.0552. The highest BCUT2D eigenvalue weighted by atomic mass is 35.5. The van der Waals surface area contributed by atoms with Gasteiger partial charge in [-0.15, -0.1) is 0 Å². The van der Waals surface area contributed by atoms with E-state index in [0.717, 1.165) is 5.56 Å². The van der Waals surface area contributed by atoms with Crippen molar-refractivity contribution < 1.29 is 19.4 Å². The van der Waals surface area contributed by atoms with Crippen molar-refractivity contribution in [3.63, 3.8) is 0 Å². The van der Waals surface area contributed by atoms with Gasteiger partial charge >= 0.3 is 5.97 Å². The van der Waals surface area contributed by atoms with Gasteiger partial charge in [-0.2, -0.15) is 0 Å². The molecule has 1 aromatic rings. The van der Waals surface area contributed by atoms with Crippen LogP contribution < -0.4 is 9.47 Å². The minimum atomic E-state index is -1.13. The van der Waals surface area contributed by atoms with Gasteiger partial charge in [-0.1, -0.05) is 18.5 Å². The number of methoxy groups -OCH3 is 2. The number of hydrogen-bond acceptors (Lipinski definition) is 3. The Hall–Kier alpha value is -1.42. The van der Waals surface area contributed by atoms with E-state index in [1.54, 1.807) is 6.07 Å². The van der Waals surface area contributed by atoms with Crippen LogP contribution in [-0.4, -0.2) is 25.3 Å². The summed E-state index contributed by atoms with van der Waals surface area (Å²) in [7, 11) is 2.84. The summed E-state index contributed by atoms with van der Waals surface area (Å²) in [5, 5.41) is 9.30. The van der Waals surface area contributed by atoms with Gasteiger partial charge < -0.3 is 14.6 Å². The highest BCUT2D eigenvalue weighted by Crippen LogP contribution is 2.38. The standard InChI is InChI=1S/C11H13ClO4/c1-4-6-5-7(15-2)10(16-3)8(9(6)12)11(13)14/h5H,4H2,1-3H3,(H,13,14). The molecule has 0 radical (unpaired) electrons. The summed E-state index contributed by atoms with van der Waals surface area (Å²) in [5.41, 5.74) is 0.664. The van der Waals surface area contributed by atoms with Gasteiger partial charge in [0.15, 0.2) is 11.5 Å². The summed E-state index contributed by atoms with van der Waals surface area (Å²) in [6.07, 6.45) is 0.624. The van der Waals surface area contributed by atoms with Gasteiger partial charge in [0.1, 0.15) is 5.56 Å². The molecule has 0 aliphatic rings. The van der Waals surface area contributed by atoms with Crippen LogP contribution in [0.5, 0.6) is 11.5 Å². The van der Waals surface area contributed by atoms with Crippen LogP contribution in [0.4, 0.5) is 0 Å². The van der Waals surface area contributed by atoms with Gasteiger partial charge in [0, 0.05) is 0 Å². The first kappa shape index (κ1) is 12.6. The molecule has 1 rings (SSSR count). The van der Waals surface area contributed by atoms with Crippen molar-refractivity contribution in [2.24, 2.45) is 0 Å². The Morgan fingerprint density at radius 2 is 2.06 bits per heavy atom. The number of benzene rings is 1. The summed E-state index contributed by atoms with van der Waals surface area (Å²) in [6, 6.07) is 1.69. The van der Waals surface area contributed by atoms with E-state index in [1.165, 1.54) is 14.2 Å². The number of carboxylic acid groups (broad SMARTS) is 1. The molecule has 1 N–H and O–H groups in total. The van der Waals surface area contributed by atoms with E-state index >= 15 is 0 Å². The number of ether oxygens (including phenoxy) is 2. The molecular formula is C11H13ClO4. The molecule has 0 saturated carbocycles. The topological polar surface area (TPSA) is 55.8 Å². The molecule has 5 heteroatoms. The molecule has 0 heterocycles. The maximum absolute atomic E-state index is 11.1. The Kier molecular flexibility index (Phi) is 4.01. The lowest BCUT2D eigenvalue weighted by Crippen LogP contribution is -2.05. The zero-order valence-corrected chi connectivity index (χ0v) is 10.1. The Morgan fingerprint density at radius 1 is 1.44 bits per heavy atom. The lowest BCUT2D eigenvalue weighted by molar-refractivity contribution is 0.0692. The van der Waals surface area contributed by atoms with Crippen molar-refractivity contribution in [3.05, 3.63) is 22.2 Å². The number of halogens is 1. The zero-order chi connectivity index (χ0) is 12.3. The SMILES string of the molecule is CCc1cc(OC)c(OC)c(C(=O)O)c1Cl. The largest absolute Gasteiger partial charge is 0.493 e. The van der Waals surface area contributed by atoms with E-state index in [1.807, 2.05) is 6.92 Å². The van der Waals surface area contributed by atoms with Crippen molar-refractivity contribution in [2.45, 2.75) is 13.3 Å². The number of aromatic carboxylic acids is 1. The summed E-state index contributed by atoms with van der Waals surface area (Å²) in [4.78, 5) is 11.1. The number of aryl methyl sites for hydroxylation is 1. The molecule has 0 spiro atoms. The van der Waals surface area contributed by atoms with Crippen LogP contribution in [0.1, 0.15) is 22.8 Å². The summed E-state index contributed by atoms with van der Waals surface area (Å²) in [5.74, 6) is -0.603. The normalized spacial score (nSPS) is 10.0. The molecule has 0 fully saturated rings. The fraction of sp³-hybridized carbons (Fsp3) is 0.364. The van der Waals surface area contributed by atoms with E-state index in [2.05, 4.69) is 0 Å². The van der Waals surface area contributed by atoms with Crippen LogP contribution in [-0.2, 0) is 6.42 Å². The molecule has 88 valence electrons. The number of hydrogen-bond donors (Lipinski definition) is 1. The molecular weight excluding hydrogens is 232 g/mol. The fourth-order valence-electron chi connectivity index (χ4n) is 1.47. The predicted molar refractivity (Wildman–Crippen MR) is 60.9 cm³/mol. The first-order chi connectivity index (χ1) is 7.56. The lowest BCUT2D eigenvalue weighted by Gasteiger charge is -2.14. The highest BCUT2D eigenvalue weighted by Gasteiger charge is 2.22. The van der Waals surface area contributed by atoms with E-state index < -0.39 is 5.97 Å². The van der Waals surface area contributed by atoms with E-state index in [4.69, 9.17) is 26.2 Å². The van der Waals surface area contributed by atoms with Gasteiger partial charge in [0.05, 0.1) is 19.2 Å². The molecule has 4 nitrogen and oxygen atoms in total. The van der Waals surface area contributed by atoms with Gasteiger partial charge in [0.2, 0.25) is 0 Å². The molecule has 0 atom stereocenters. The number of rotatable bonds is 4. The molecule has 0 unspecified atom stereocenters.